The topological polar surface area (TPSA) is 49.4 Å². The van der Waals surface area contributed by atoms with Gasteiger partial charge in [-0.3, -0.25) is 9.59 Å². The van der Waals surface area contributed by atoms with Crippen LogP contribution in [0.25, 0.3) is 0 Å². The average molecular weight is 394 g/mol. The van der Waals surface area contributed by atoms with Gasteiger partial charge in [0.1, 0.15) is 11.6 Å². The molecule has 1 fully saturated rings. The molecule has 1 N–H and O–H groups in total. The first-order valence-corrected chi connectivity index (χ1v) is 9.55. The highest BCUT2D eigenvalue weighted by atomic mass is 32.1. The molecule has 2 aromatic carbocycles. The number of benzene rings is 2. The highest BCUT2D eigenvalue weighted by Gasteiger charge is 2.46. The number of nitrogens with zero attached hydrogens (tertiary/aromatic N) is 1. The Morgan fingerprint density at radius 3 is 2.43 bits per heavy atom. The van der Waals surface area contributed by atoms with E-state index in [1.807, 2.05) is 11.0 Å². The number of fused-ring (bicyclic) bond motifs is 1. The van der Waals surface area contributed by atoms with Crippen LogP contribution >= 0.6 is 12.2 Å². The van der Waals surface area contributed by atoms with Crippen molar-refractivity contribution in [2.24, 2.45) is 5.92 Å². The van der Waals surface area contributed by atoms with Crippen molar-refractivity contribution in [3.8, 4) is 0 Å². The van der Waals surface area contributed by atoms with E-state index in [2.05, 4.69) is 5.32 Å². The summed E-state index contributed by atoms with van der Waals surface area (Å²) in [6.45, 7) is 2.75. The number of rotatable bonds is 4. The van der Waals surface area contributed by atoms with Gasteiger partial charge in [-0.1, -0.05) is 54.7 Å². The van der Waals surface area contributed by atoms with Crippen molar-refractivity contribution in [3.05, 3.63) is 82.9 Å². The van der Waals surface area contributed by atoms with Crippen LogP contribution in [-0.2, 0) is 4.79 Å². The predicted molar refractivity (Wildman–Crippen MR) is 108 cm³/mol. The van der Waals surface area contributed by atoms with Gasteiger partial charge in [-0.25, -0.2) is 4.39 Å². The minimum absolute atomic E-state index is 0.128. The molecule has 142 valence electrons. The van der Waals surface area contributed by atoms with Gasteiger partial charge in [-0.2, -0.15) is 0 Å². The van der Waals surface area contributed by atoms with Crippen molar-refractivity contribution in [2.75, 3.05) is 13.1 Å². The Balaban J connectivity index is 1.91. The SMILES string of the molecule is CC(=O)C1=C2NCCN2C(=S)[C@H](C(=O)c2ccccc2)[C@H]1c1ccc(F)cc1. The van der Waals surface area contributed by atoms with Crippen LogP contribution in [0.15, 0.2) is 66.0 Å². The summed E-state index contributed by atoms with van der Waals surface area (Å²) in [6, 6.07) is 14.9. The third kappa shape index (κ3) is 3.03. The van der Waals surface area contributed by atoms with Crippen molar-refractivity contribution in [1.82, 2.24) is 10.2 Å². The summed E-state index contributed by atoms with van der Waals surface area (Å²) in [4.78, 5) is 28.5. The van der Waals surface area contributed by atoms with Crippen LogP contribution in [-0.4, -0.2) is 34.5 Å². The molecule has 4 nitrogen and oxygen atoms in total. The van der Waals surface area contributed by atoms with E-state index in [-0.39, 0.29) is 17.4 Å². The lowest BCUT2D eigenvalue weighted by Crippen LogP contribution is -2.46. The molecular formula is C22H19FN2O2S. The minimum Gasteiger partial charge on any atom is -0.369 e. The Hall–Kier alpha value is -2.86. The Bertz CT molecular complexity index is 985. The van der Waals surface area contributed by atoms with E-state index < -0.39 is 11.8 Å². The van der Waals surface area contributed by atoms with E-state index in [1.54, 1.807) is 36.4 Å². The standard InChI is InChI=1S/C22H19FN2O2S/c1-13(26)17-18(14-7-9-16(23)10-8-14)19(20(27)15-5-3-2-4-6-15)22(28)25-12-11-24-21(17)25/h2-10,18-19,24H,11-12H2,1H3/t18-,19-/m0/s1. The number of allylic oxidation sites excluding steroid dienone is 1. The third-order valence-electron chi connectivity index (χ3n) is 5.28. The number of carbonyl (C=O) groups is 2. The lowest BCUT2D eigenvalue weighted by molar-refractivity contribution is -0.114. The zero-order valence-electron chi connectivity index (χ0n) is 15.3. The zero-order chi connectivity index (χ0) is 19.8. The molecule has 0 saturated carbocycles. The first-order valence-electron chi connectivity index (χ1n) is 9.14. The quantitative estimate of drug-likeness (QED) is 0.636. The summed E-state index contributed by atoms with van der Waals surface area (Å²) in [6.07, 6.45) is 0. The largest absolute Gasteiger partial charge is 0.369 e. The maximum atomic E-state index is 13.5. The highest BCUT2D eigenvalue weighted by molar-refractivity contribution is 7.80. The van der Waals surface area contributed by atoms with Crippen LogP contribution in [0.4, 0.5) is 4.39 Å². The van der Waals surface area contributed by atoms with Crippen LogP contribution in [0.2, 0.25) is 0 Å². The molecule has 0 spiro atoms. The van der Waals surface area contributed by atoms with Crippen LogP contribution in [0.5, 0.6) is 0 Å². The minimum atomic E-state index is -0.703. The molecule has 2 atom stereocenters. The van der Waals surface area contributed by atoms with Crippen molar-refractivity contribution in [1.29, 1.82) is 0 Å². The number of hydrogen-bond donors (Lipinski definition) is 1. The van der Waals surface area contributed by atoms with Gasteiger partial charge >= 0.3 is 0 Å². The number of carbonyl (C=O) groups excluding carboxylic acids is 2. The van der Waals surface area contributed by atoms with Gasteiger partial charge < -0.3 is 10.2 Å². The Morgan fingerprint density at radius 1 is 1.11 bits per heavy atom. The molecule has 2 aliphatic rings. The lowest BCUT2D eigenvalue weighted by Gasteiger charge is -2.39. The molecule has 2 heterocycles. The van der Waals surface area contributed by atoms with Gasteiger partial charge in [0, 0.05) is 30.1 Å². The second-order valence-electron chi connectivity index (χ2n) is 6.97. The second-order valence-corrected chi connectivity index (χ2v) is 7.39. The maximum absolute atomic E-state index is 13.5. The van der Waals surface area contributed by atoms with Gasteiger partial charge in [-0.05, 0) is 24.6 Å². The predicted octanol–water partition coefficient (Wildman–Crippen LogP) is 3.46. The van der Waals surface area contributed by atoms with Gasteiger partial charge in [0.05, 0.1) is 10.9 Å². The van der Waals surface area contributed by atoms with Gasteiger partial charge in [0.15, 0.2) is 11.6 Å². The van der Waals surface area contributed by atoms with E-state index >= 15 is 0 Å². The summed E-state index contributed by atoms with van der Waals surface area (Å²) in [5, 5.41) is 3.24. The molecule has 4 rings (SSSR count). The molecular weight excluding hydrogens is 375 g/mol. The molecule has 0 bridgehead atoms. The molecule has 0 aromatic heterocycles. The fraction of sp³-hybridized carbons (Fsp3) is 0.227. The van der Waals surface area contributed by atoms with Gasteiger partial charge in [-0.15, -0.1) is 0 Å². The number of thiocarbonyl (C=S) groups is 1. The fourth-order valence-electron chi connectivity index (χ4n) is 4.04. The van der Waals surface area contributed by atoms with Crippen LogP contribution in [0, 0.1) is 11.7 Å². The molecule has 6 heteroatoms. The van der Waals surface area contributed by atoms with E-state index in [0.717, 1.165) is 0 Å². The molecule has 2 aliphatic heterocycles. The first kappa shape index (κ1) is 18.5. The van der Waals surface area contributed by atoms with E-state index in [9.17, 15) is 14.0 Å². The Labute approximate surface area is 168 Å². The number of ketones is 2. The Morgan fingerprint density at radius 2 is 1.79 bits per heavy atom. The van der Waals surface area contributed by atoms with Crippen molar-refractivity contribution in [3.63, 3.8) is 0 Å². The van der Waals surface area contributed by atoms with Crippen LogP contribution in [0.1, 0.15) is 28.8 Å². The lowest BCUT2D eigenvalue weighted by atomic mass is 9.73. The van der Waals surface area contributed by atoms with Crippen LogP contribution in [0.3, 0.4) is 0 Å². The van der Waals surface area contributed by atoms with E-state index in [4.69, 9.17) is 12.2 Å². The molecule has 0 radical (unpaired) electrons. The second kappa shape index (κ2) is 7.28. The van der Waals surface area contributed by atoms with Crippen molar-refractivity contribution < 1.29 is 14.0 Å². The molecule has 0 unspecified atom stereocenters. The number of nitrogens with one attached hydrogen (secondary N) is 1. The molecule has 1 saturated heterocycles. The average Bonchev–Trinajstić information content (AvgIpc) is 3.18. The van der Waals surface area contributed by atoms with Gasteiger partial charge in [0.2, 0.25) is 0 Å². The smallest absolute Gasteiger partial charge is 0.173 e. The molecule has 0 amide bonds. The molecule has 28 heavy (non-hydrogen) atoms. The fourth-order valence-corrected chi connectivity index (χ4v) is 4.46. The number of hydrogen-bond acceptors (Lipinski definition) is 4. The third-order valence-corrected chi connectivity index (χ3v) is 5.75. The summed E-state index contributed by atoms with van der Waals surface area (Å²) in [5.74, 6) is -1.23. The van der Waals surface area contributed by atoms with Gasteiger partial charge in [0.25, 0.3) is 0 Å². The monoisotopic (exact) mass is 394 g/mol. The summed E-state index contributed by atoms with van der Waals surface area (Å²) in [5.41, 5.74) is 1.76. The van der Waals surface area contributed by atoms with Crippen LogP contribution < -0.4 is 5.32 Å². The maximum Gasteiger partial charge on any atom is 0.173 e. The summed E-state index contributed by atoms with van der Waals surface area (Å²) in [7, 11) is 0. The normalized spacial score (nSPS) is 21.4. The summed E-state index contributed by atoms with van der Waals surface area (Å²) < 4.78 is 13.5. The zero-order valence-corrected chi connectivity index (χ0v) is 16.1. The first-order chi connectivity index (χ1) is 13.5. The van der Waals surface area contributed by atoms with Crippen molar-refractivity contribution >= 4 is 28.8 Å². The van der Waals surface area contributed by atoms with E-state index in [0.29, 0.717) is 40.6 Å². The van der Waals surface area contributed by atoms with Crippen molar-refractivity contribution in [2.45, 2.75) is 12.8 Å². The number of halogens is 1. The Kier molecular flexibility index (Phi) is 4.81. The molecule has 2 aromatic rings. The number of Topliss-reactive ketones (excluding diaryl/α,β-unsaturated/α-hetero) is 2. The molecule has 0 aliphatic carbocycles. The highest BCUT2D eigenvalue weighted by Crippen LogP contribution is 2.43. The van der Waals surface area contributed by atoms with E-state index in [1.165, 1.54) is 19.1 Å². The summed E-state index contributed by atoms with van der Waals surface area (Å²) >= 11 is 5.73.